The number of amides is 1. The molecule has 1 heterocycles. The number of carbonyl (C=O) groups is 1. The van der Waals surface area contributed by atoms with E-state index in [-0.39, 0.29) is 6.09 Å². The van der Waals surface area contributed by atoms with Crippen molar-refractivity contribution < 1.29 is 19.4 Å². The van der Waals surface area contributed by atoms with E-state index in [1.165, 1.54) is 16.9 Å². The first-order chi connectivity index (χ1) is 14.5. The fraction of sp³-hybridized carbons (Fsp3) is 0.720. The Hall–Kier alpha value is -1.24. The molecule has 2 fully saturated rings. The van der Waals surface area contributed by atoms with Crippen LogP contribution in [-0.2, 0) is 16.1 Å². The van der Waals surface area contributed by atoms with E-state index >= 15 is 0 Å². The van der Waals surface area contributed by atoms with Crippen LogP contribution in [0.4, 0.5) is 4.79 Å². The number of hydrogen-bond acceptors (Lipinski definition) is 5. The highest BCUT2D eigenvalue weighted by Gasteiger charge is 2.44. The number of carbonyl (C=O) groups excluding carboxylic acids is 1. The summed E-state index contributed by atoms with van der Waals surface area (Å²) in [6, 6.07) is 8.44. The number of likely N-dealkylation sites (tertiary alicyclic amines) is 1. The molecule has 1 N–H and O–H groups in total. The molecule has 2 atom stereocenters. The van der Waals surface area contributed by atoms with Crippen molar-refractivity contribution in [3.63, 3.8) is 0 Å². The van der Waals surface area contributed by atoms with Crippen LogP contribution in [0.15, 0.2) is 29.2 Å². The Morgan fingerprint density at radius 2 is 1.77 bits per heavy atom. The highest BCUT2D eigenvalue weighted by Crippen LogP contribution is 2.48. The van der Waals surface area contributed by atoms with Crippen LogP contribution in [0.2, 0.25) is 0 Å². The second kappa shape index (κ2) is 10.1. The van der Waals surface area contributed by atoms with Crippen molar-refractivity contribution in [3.8, 4) is 0 Å². The second-order valence-corrected chi connectivity index (χ2v) is 11.8. The van der Waals surface area contributed by atoms with Crippen molar-refractivity contribution in [1.82, 2.24) is 4.90 Å². The molecule has 0 bridgehead atoms. The molecule has 1 amide bonds. The third-order valence-electron chi connectivity index (χ3n) is 5.89. The predicted molar refractivity (Wildman–Crippen MR) is 125 cm³/mol. The summed E-state index contributed by atoms with van der Waals surface area (Å²) in [5.41, 5.74) is 0.109. The van der Waals surface area contributed by atoms with Gasteiger partial charge < -0.3 is 19.5 Å². The van der Waals surface area contributed by atoms with E-state index in [4.69, 9.17) is 9.47 Å². The van der Waals surface area contributed by atoms with Gasteiger partial charge in [0.05, 0.1) is 18.8 Å². The molecule has 1 aromatic rings. The molecule has 174 valence electrons. The smallest absolute Gasteiger partial charge is 0.410 e. The fourth-order valence-electron chi connectivity index (χ4n) is 4.15. The minimum Gasteiger partial charge on any atom is -0.444 e. The van der Waals surface area contributed by atoms with Crippen molar-refractivity contribution in [2.75, 3.05) is 25.4 Å². The average molecular weight is 450 g/mol. The van der Waals surface area contributed by atoms with E-state index in [9.17, 15) is 9.90 Å². The van der Waals surface area contributed by atoms with Crippen LogP contribution >= 0.6 is 11.8 Å². The first kappa shape index (κ1) is 24.4. The number of benzene rings is 1. The number of ether oxygens (including phenoxy) is 2. The van der Waals surface area contributed by atoms with Gasteiger partial charge in [-0.1, -0.05) is 12.1 Å². The number of nitrogens with zero attached hydrogens (tertiary/aromatic N) is 1. The normalized spacial score (nSPS) is 22.5. The third kappa shape index (κ3) is 8.32. The van der Waals surface area contributed by atoms with Gasteiger partial charge in [-0.3, -0.25) is 0 Å². The van der Waals surface area contributed by atoms with E-state index in [0.717, 1.165) is 38.5 Å². The fourth-order valence-corrected chi connectivity index (χ4v) is 5.00. The summed E-state index contributed by atoms with van der Waals surface area (Å²) in [5, 5.41) is 9.84. The van der Waals surface area contributed by atoms with Crippen molar-refractivity contribution >= 4 is 17.9 Å². The van der Waals surface area contributed by atoms with Crippen molar-refractivity contribution in [2.45, 2.75) is 76.6 Å². The lowest BCUT2D eigenvalue weighted by Gasteiger charge is -2.33. The minimum atomic E-state index is -0.653. The molecule has 2 unspecified atom stereocenters. The zero-order chi connectivity index (χ0) is 22.6. The molecule has 1 aromatic carbocycles. The molecule has 31 heavy (non-hydrogen) atoms. The largest absolute Gasteiger partial charge is 0.444 e. The molecule has 0 aromatic heterocycles. The van der Waals surface area contributed by atoms with Crippen LogP contribution in [0, 0.1) is 17.8 Å². The standard InChI is InChI=1S/C25H39NO4S/c1-24(2,3)30-23(27)26-12-10-19(11-13-26)22-14-20(22)16-29-15-18-6-8-21(9-7-18)31-17-25(4,5)28/h6-9,19-20,22,28H,10-17H2,1-5H3. The van der Waals surface area contributed by atoms with Crippen molar-refractivity contribution in [2.24, 2.45) is 17.8 Å². The molecule has 0 radical (unpaired) electrons. The van der Waals surface area contributed by atoms with Crippen LogP contribution in [0.3, 0.4) is 0 Å². The van der Waals surface area contributed by atoms with Crippen LogP contribution in [0.1, 0.15) is 59.4 Å². The number of aliphatic hydroxyl groups is 1. The lowest BCUT2D eigenvalue weighted by Crippen LogP contribution is -2.42. The highest BCUT2D eigenvalue weighted by atomic mass is 32.2. The summed E-state index contributed by atoms with van der Waals surface area (Å²) in [5.74, 6) is 2.81. The topological polar surface area (TPSA) is 59.0 Å². The molecule has 5 nitrogen and oxygen atoms in total. The minimum absolute atomic E-state index is 0.175. The van der Waals surface area contributed by atoms with Gasteiger partial charge in [-0.25, -0.2) is 4.79 Å². The Labute approximate surface area is 191 Å². The Bertz CT molecular complexity index is 715. The average Bonchev–Trinajstić information content (AvgIpc) is 3.45. The summed E-state index contributed by atoms with van der Waals surface area (Å²) in [6.07, 6.45) is 3.23. The number of thioether (sulfide) groups is 1. The van der Waals surface area contributed by atoms with Gasteiger partial charge in [0.25, 0.3) is 0 Å². The Balaban J connectivity index is 1.31. The van der Waals surface area contributed by atoms with Crippen molar-refractivity contribution in [3.05, 3.63) is 29.8 Å². The molecule has 0 spiro atoms. The molecule has 1 saturated heterocycles. The first-order valence-corrected chi connectivity index (χ1v) is 12.5. The number of hydrogen-bond donors (Lipinski definition) is 1. The number of piperidine rings is 1. The van der Waals surface area contributed by atoms with E-state index in [0.29, 0.717) is 24.2 Å². The number of rotatable bonds is 8. The molecular weight excluding hydrogens is 410 g/mol. The maximum Gasteiger partial charge on any atom is 0.410 e. The van der Waals surface area contributed by atoms with Crippen LogP contribution in [-0.4, -0.2) is 52.8 Å². The Morgan fingerprint density at radius 3 is 2.35 bits per heavy atom. The van der Waals surface area contributed by atoms with Gasteiger partial charge in [0.15, 0.2) is 0 Å². The predicted octanol–water partition coefficient (Wildman–Crippen LogP) is 5.35. The quantitative estimate of drug-likeness (QED) is 0.542. The van der Waals surface area contributed by atoms with Gasteiger partial charge in [-0.2, -0.15) is 0 Å². The van der Waals surface area contributed by atoms with Gasteiger partial charge >= 0.3 is 6.09 Å². The van der Waals surface area contributed by atoms with E-state index in [1.807, 2.05) is 39.5 Å². The van der Waals surface area contributed by atoms with Crippen LogP contribution in [0.5, 0.6) is 0 Å². The Kier molecular flexibility index (Phi) is 7.98. The summed E-state index contributed by atoms with van der Waals surface area (Å²) in [6.45, 7) is 12.5. The van der Waals surface area contributed by atoms with E-state index in [2.05, 4.69) is 24.3 Å². The summed E-state index contributed by atoms with van der Waals surface area (Å²) < 4.78 is 11.5. The van der Waals surface area contributed by atoms with Crippen molar-refractivity contribution in [1.29, 1.82) is 0 Å². The van der Waals surface area contributed by atoms with Crippen LogP contribution < -0.4 is 0 Å². The lowest BCUT2D eigenvalue weighted by molar-refractivity contribution is 0.0170. The first-order valence-electron chi connectivity index (χ1n) is 11.5. The Morgan fingerprint density at radius 1 is 1.13 bits per heavy atom. The highest BCUT2D eigenvalue weighted by molar-refractivity contribution is 7.99. The molecule has 3 rings (SSSR count). The van der Waals surface area contributed by atoms with E-state index < -0.39 is 11.2 Å². The molecule has 2 aliphatic rings. The molecule has 1 aliphatic carbocycles. The summed E-state index contributed by atoms with van der Waals surface area (Å²) >= 11 is 1.67. The molecule has 1 aliphatic heterocycles. The molecule has 6 heteroatoms. The van der Waals surface area contributed by atoms with Gasteiger partial charge in [-0.15, -0.1) is 11.8 Å². The van der Waals surface area contributed by atoms with Gasteiger partial charge in [0.2, 0.25) is 0 Å². The zero-order valence-electron chi connectivity index (χ0n) is 19.7. The monoisotopic (exact) mass is 449 g/mol. The maximum atomic E-state index is 12.2. The zero-order valence-corrected chi connectivity index (χ0v) is 20.5. The van der Waals surface area contributed by atoms with Gasteiger partial charge in [0, 0.05) is 23.7 Å². The lowest BCUT2D eigenvalue weighted by atomic mass is 9.91. The SMILES string of the molecule is CC(C)(O)CSc1ccc(COCC2CC2C2CCN(C(=O)OC(C)(C)C)CC2)cc1. The molecule has 1 saturated carbocycles. The third-order valence-corrected chi connectivity index (χ3v) is 7.35. The summed E-state index contributed by atoms with van der Waals surface area (Å²) in [7, 11) is 0. The van der Waals surface area contributed by atoms with Gasteiger partial charge in [0.1, 0.15) is 5.60 Å². The second-order valence-electron chi connectivity index (χ2n) is 10.7. The van der Waals surface area contributed by atoms with E-state index in [1.54, 1.807) is 11.8 Å². The summed E-state index contributed by atoms with van der Waals surface area (Å²) in [4.78, 5) is 15.3. The molecular formula is C25H39NO4S. The van der Waals surface area contributed by atoms with Gasteiger partial charge in [-0.05, 0) is 89.3 Å². The maximum absolute atomic E-state index is 12.2. The van der Waals surface area contributed by atoms with Crippen LogP contribution in [0.25, 0.3) is 0 Å².